The molecule has 0 saturated carbocycles. The average Bonchev–Trinajstić information content (AvgIpc) is 1.97. The Morgan fingerprint density at radius 3 is 2.73 bits per heavy atom. The first-order chi connectivity index (χ1) is 5.22. The van der Waals surface area contributed by atoms with Crippen LogP contribution < -0.4 is 0 Å². The minimum absolute atomic E-state index is 0.239. The van der Waals surface area contributed by atoms with Crippen molar-refractivity contribution in [2.75, 3.05) is 13.1 Å². The number of carbonyl (C=O) groups is 1. The largest absolute Gasteiger partial charge is 0.323 e. The van der Waals surface area contributed by atoms with Gasteiger partial charge in [0.15, 0.2) is 0 Å². The summed E-state index contributed by atoms with van der Waals surface area (Å²) in [6.07, 6.45) is 7.10. The second-order valence-electron chi connectivity index (χ2n) is 2.26. The Morgan fingerprint density at radius 1 is 1.73 bits per heavy atom. The molecule has 0 aliphatic heterocycles. The predicted octanol–water partition coefficient (Wildman–Crippen LogP) is 1.77. The molecule has 0 aromatic heterocycles. The lowest BCUT2D eigenvalue weighted by molar-refractivity contribution is 0.229. The number of hydrogen-bond donors (Lipinski definition) is 1. The van der Waals surface area contributed by atoms with E-state index < -0.39 is 0 Å². The molecule has 3 heteroatoms. The SMILES string of the molecule is C#CCN(CCCC)C(=O)S. The number of rotatable bonds is 4. The Bertz CT molecular complexity index is 162. The molecular formula is C8H13NOS. The predicted molar refractivity (Wildman–Crippen MR) is 49.7 cm³/mol. The minimum Gasteiger partial charge on any atom is -0.323 e. The molecule has 2 nitrogen and oxygen atoms in total. The average molecular weight is 171 g/mol. The summed E-state index contributed by atoms with van der Waals surface area (Å²) in [5.74, 6) is 2.41. The summed E-state index contributed by atoms with van der Waals surface area (Å²) in [5, 5.41) is -0.239. The zero-order chi connectivity index (χ0) is 8.69. The van der Waals surface area contributed by atoms with Crippen LogP contribution in [0, 0.1) is 12.3 Å². The summed E-state index contributed by atoms with van der Waals surface area (Å²) in [5.41, 5.74) is 0. The summed E-state index contributed by atoms with van der Waals surface area (Å²) in [6, 6.07) is 0. The summed E-state index contributed by atoms with van der Waals surface area (Å²) < 4.78 is 0. The van der Waals surface area contributed by atoms with Crippen LogP contribution in [-0.2, 0) is 0 Å². The second kappa shape index (κ2) is 6.11. The topological polar surface area (TPSA) is 20.3 Å². The maximum absolute atomic E-state index is 10.7. The van der Waals surface area contributed by atoms with Gasteiger partial charge in [-0.2, -0.15) is 0 Å². The van der Waals surface area contributed by atoms with E-state index in [4.69, 9.17) is 6.42 Å². The first-order valence-corrected chi connectivity index (χ1v) is 4.08. The lowest BCUT2D eigenvalue weighted by Crippen LogP contribution is -2.27. The highest BCUT2D eigenvalue weighted by atomic mass is 32.1. The van der Waals surface area contributed by atoms with E-state index >= 15 is 0 Å². The molecule has 0 fully saturated rings. The van der Waals surface area contributed by atoms with Crippen LogP contribution in [0.4, 0.5) is 4.79 Å². The molecule has 0 rings (SSSR count). The van der Waals surface area contributed by atoms with E-state index in [1.807, 2.05) is 0 Å². The minimum atomic E-state index is -0.239. The van der Waals surface area contributed by atoms with Crippen LogP contribution in [0.15, 0.2) is 0 Å². The second-order valence-corrected chi connectivity index (χ2v) is 2.64. The molecule has 62 valence electrons. The maximum atomic E-state index is 10.7. The van der Waals surface area contributed by atoms with E-state index in [1.54, 1.807) is 4.90 Å². The number of amides is 1. The monoisotopic (exact) mass is 171 g/mol. The fourth-order valence-corrected chi connectivity index (χ4v) is 0.872. The van der Waals surface area contributed by atoms with E-state index in [9.17, 15) is 4.79 Å². The Labute approximate surface area is 73.4 Å². The summed E-state index contributed by atoms with van der Waals surface area (Å²) in [6.45, 7) is 3.14. The molecular weight excluding hydrogens is 158 g/mol. The number of carbonyl (C=O) groups excluding carboxylic acids is 1. The van der Waals surface area contributed by atoms with Gasteiger partial charge >= 0.3 is 0 Å². The first kappa shape index (κ1) is 10.4. The van der Waals surface area contributed by atoms with Gasteiger partial charge in [0.05, 0.1) is 6.54 Å². The first-order valence-electron chi connectivity index (χ1n) is 3.63. The number of unbranched alkanes of at least 4 members (excludes halogenated alkanes) is 1. The molecule has 0 bridgehead atoms. The molecule has 0 atom stereocenters. The van der Waals surface area contributed by atoms with E-state index in [0.29, 0.717) is 13.1 Å². The molecule has 11 heavy (non-hydrogen) atoms. The molecule has 0 aromatic rings. The Hall–Kier alpha value is -0.620. The molecule has 0 saturated heterocycles. The normalized spacial score (nSPS) is 8.82. The van der Waals surface area contributed by atoms with Gasteiger partial charge in [-0.1, -0.05) is 31.9 Å². The Morgan fingerprint density at radius 2 is 2.36 bits per heavy atom. The highest BCUT2D eigenvalue weighted by Gasteiger charge is 2.05. The highest BCUT2D eigenvalue weighted by Crippen LogP contribution is 1.98. The molecule has 0 unspecified atom stereocenters. The third kappa shape index (κ3) is 4.74. The van der Waals surface area contributed by atoms with Crippen LogP contribution in [0.2, 0.25) is 0 Å². The van der Waals surface area contributed by atoms with Crippen molar-refractivity contribution in [1.82, 2.24) is 4.90 Å². The van der Waals surface area contributed by atoms with E-state index in [1.165, 1.54) is 0 Å². The fourth-order valence-electron chi connectivity index (χ4n) is 0.701. The third-order valence-electron chi connectivity index (χ3n) is 1.33. The maximum Gasteiger partial charge on any atom is 0.279 e. The summed E-state index contributed by atoms with van der Waals surface area (Å²) >= 11 is 3.69. The standard InChI is InChI=1S/C8H13NOS/c1-3-5-7-9(6-4-2)8(10)11/h2H,3,5-7H2,1H3,(H,10,11). The molecule has 0 aromatic carbocycles. The van der Waals surface area contributed by atoms with Gasteiger partial charge in [-0.3, -0.25) is 4.79 Å². The van der Waals surface area contributed by atoms with Crippen LogP contribution in [0.1, 0.15) is 19.8 Å². The number of thiol groups is 1. The van der Waals surface area contributed by atoms with Crippen molar-refractivity contribution in [1.29, 1.82) is 0 Å². The smallest absolute Gasteiger partial charge is 0.279 e. The lowest BCUT2D eigenvalue weighted by atomic mass is 10.3. The molecule has 0 heterocycles. The lowest BCUT2D eigenvalue weighted by Gasteiger charge is -2.16. The molecule has 0 radical (unpaired) electrons. The summed E-state index contributed by atoms with van der Waals surface area (Å²) in [7, 11) is 0. The van der Waals surface area contributed by atoms with Gasteiger partial charge in [0.25, 0.3) is 5.24 Å². The van der Waals surface area contributed by atoms with Crippen molar-refractivity contribution in [2.45, 2.75) is 19.8 Å². The number of hydrogen-bond acceptors (Lipinski definition) is 1. The van der Waals surface area contributed by atoms with Crippen LogP contribution in [0.25, 0.3) is 0 Å². The fraction of sp³-hybridized carbons (Fsp3) is 0.625. The van der Waals surface area contributed by atoms with Gasteiger partial charge in [-0.15, -0.1) is 6.42 Å². The van der Waals surface area contributed by atoms with Crippen molar-refractivity contribution < 1.29 is 4.79 Å². The molecule has 0 spiro atoms. The van der Waals surface area contributed by atoms with Crippen LogP contribution >= 0.6 is 12.6 Å². The van der Waals surface area contributed by atoms with Gasteiger partial charge < -0.3 is 4.90 Å². The van der Waals surface area contributed by atoms with Crippen LogP contribution in [-0.4, -0.2) is 23.2 Å². The van der Waals surface area contributed by atoms with Gasteiger partial charge in [-0.05, 0) is 6.42 Å². The molecule has 0 aliphatic rings. The van der Waals surface area contributed by atoms with Crippen molar-refractivity contribution in [3.63, 3.8) is 0 Å². The van der Waals surface area contributed by atoms with Gasteiger partial charge in [0.1, 0.15) is 0 Å². The van der Waals surface area contributed by atoms with Crippen molar-refractivity contribution in [3.8, 4) is 12.3 Å². The molecule has 0 aliphatic carbocycles. The van der Waals surface area contributed by atoms with Gasteiger partial charge in [0.2, 0.25) is 0 Å². The van der Waals surface area contributed by atoms with Gasteiger partial charge in [-0.25, -0.2) is 0 Å². The van der Waals surface area contributed by atoms with Crippen LogP contribution in [0.3, 0.4) is 0 Å². The Balaban J connectivity index is 3.72. The zero-order valence-corrected chi connectivity index (χ0v) is 7.60. The van der Waals surface area contributed by atoms with Crippen LogP contribution in [0.5, 0.6) is 0 Å². The highest BCUT2D eigenvalue weighted by molar-refractivity contribution is 7.96. The van der Waals surface area contributed by atoms with E-state index in [0.717, 1.165) is 12.8 Å². The van der Waals surface area contributed by atoms with Crippen molar-refractivity contribution in [3.05, 3.63) is 0 Å². The zero-order valence-electron chi connectivity index (χ0n) is 6.71. The molecule has 1 amide bonds. The van der Waals surface area contributed by atoms with E-state index in [-0.39, 0.29) is 5.24 Å². The molecule has 0 N–H and O–H groups in total. The third-order valence-corrected chi connectivity index (χ3v) is 1.62. The van der Waals surface area contributed by atoms with Crippen molar-refractivity contribution in [2.24, 2.45) is 0 Å². The Kier molecular flexibility index (Phi) is 5.77. The summed E-state index contributed by atoms with van der Waals surface area (Å²) in [4.78, 5) is 12.3. The number of terminal acetylenes is 1. The quantitative estimate of drug-likeness (QED) is 0.505. The van der Waals surface area contributed by atoms with E-state index in [2.05, 4.69) is 25.5 Å². The van der Waals surface area contributed by atoms with Gasteiger partial charge in [0, 0.05) is 6.54 Å². The number of nitrogens with zero attached hydrogens (tertiary/aromatic N) is 1. The van der Waals surface area contributed by atoms with Crippen molar-refractivity contribution >= 4 is 17.9 Å².